The number of anilines is 2. The lowest BCUT2D eigenvalue weighted by molar-refractivity contribution is 0.0815. The van der Waals surface area contributed by atoms with Crippen LogP contribution in [-0.4, -0.2) is 25.2 Å². The molecule has 0 amide bonds. The van der Waals surface area contributed by atoms with Crippen molar-refractivity contribution in [2.75, 3.05) is 19.0 Å². The number of hydrogen-bond donors (Lipinski definition) is 0. The fourth-order valence-corrected chi connectivity index (χ4v) is 3.82. The van der Waals surface area contributed by atoms with E-state index in [0.717, 1.165) is 23.6 Å². The molecular weight excluding hydrogens is 356 g/mol. The minimum absolute atomic E-state index is 0.0333. The van der Waals surface area contributed by atoms with Gasteiger partial charge in [0.15, 0.2) is 0 Å². The lowest BCUT2D eigenvalue weighted by atomic mass is 9.84. The number of benzene rings is 3. The lowest BCUT2D eigenvalue weighted by Crippen LogP contribution is -2.30. The maximum Gasteiger partial charge on any atom is 0.149 e. The Kier molecular flexibility index (Phi) is 5.41. The molecule has 3 nitrogen and oxygen atoms in total. The summed E-state index contributed by atoms with van der Waals surface area (Å²) >= 11 is 0. The van der Waals surface area contributed by atoms with Gasteiger partial charge >= 0.3 is 0 Å². The molecule has 0 aliphatic carbocycles. The molecule has 0 bridgehead atoms. The van der Waals surface area contributed by atoms with E-state index in [1.54, 1.807) is 0 Å². The SMILES string of the molecule is C=C1C(c2ccc(OC(C)N(C)C)cc2)Cc2ccccc2N1c1ccccc1. The standard InChI is InChI=1S/C26H28N2O/c1-19-25(21-14-16-24(17-15-21)29-20(2)27(3)4)18-22-10-8-9-13-26(22)28(19)23-11-6-5-7-12-23/h5-17,20,25H,1,18H2,2-4H3. The smallest absolute Gasteiger partial charge is 0.149 e. The van der Waals surface area contributed by atoms with Gasteiger partial charge < -0.3 is 9.64 Å². The van der Waals surface area contributed by atoms with E-state index in [-0.39, 0.29) is 12.1 Å². The molecule has 29 heavy (non-hydrogen) atoms. The third kappa shape index (κ3) is 3.92. The van der Waals surface area contributed by atoms with E-state index in [2.05, 4.69) is 84.3 Å². The first-order valence-electron chi connectivity index (χ1n) is 10.1. The van der Waals surface area contributed by atoms with Crippen molar-refractivity contribution >= 4 is 11.4 Å². The Hall–Kier alpha value is -3.04. The summed E-state index contributed by atoms with van der Waals surface area (Å²) in [6.07, 6.45) is 0.984. The number of nitrogens with zero attached hydrogens (tertiary/aromatic N) is 2. The number of hydrogen-bond acceptors (Lipinski definition) is 3. The number of allylic oxidation sites excluding steroid dienone is 1. The van der Waals surface area contributed by atoms with Crippen LogP contribution in [0.15, 0.2) is 91.1 Å². The summed E-state index contributed by atoms with van der Waals surface area (Å²) in [7, 11) is 4.03. The molecule has 2 unspecified atom stereocenters. The van der Waals surface area contributed by atoms with Crippen molar-refractivity contribution in [1.29, 1.82) is 0 Å². The zero-order valence-electron chi connectivity index (χ0n) is 17.4. The van der Waals surface area contributed by atoms with E-state index < -0.39 is 0 Å². The van der Waals surface area contributed by atoms with Crippen LogP contribution in [0.25, 0.3) is 0 Å². The molecule has 0 spiro atoms. The molecule has 0 N–H and O–H groups in total. The number of fused-ring (bicyclic) bond motifs is 1. The van der Waals surface area contributed by atoms with Gasteiger partial charge in [-0.05, 0) is 68.9 Å². The van der Waals surface area contributed by atoms with Gasteiger partial charge in [0.2, 0.25) is 0 Å². The van der Waals surface area contributed by atoms with E-state index in [0.29, 0.717) is 0 Å². The molecule has 1 heterocycles. The summed E-state index contributed by atoms with van der Waals surface area (Å²) in [5.74, 6) is 1.11. The average molecular weight is 385 g/mol. The van der Waals surface area contributed by atoms with Crippen LogP contribution in [0, 0.1) is 0 Å². The van der Waals surface area contributed by atoms with Crippen LogP contribution in [0.5, 0.6) is 5.75 Å². The maximum absolute atomic E-state index is 5.98. The van der Waals surface area contributed by atoms with Crippen molar-refractivity contribution in [3.05, 3.63) is 102 Å². The van der Waals surface area contributed by atoms with Crippen LogP contribution >= 0.6 is 0 Å². The van der Waals surface area contributed by atoms with Gasteiger partial charge in [-0.1, -0.05) is 55.1 Å². The summed E-state index contributed by atoms with van der Waals surface area (Å²) in [5, 5.41) is 0. The fourth-order valence-electron chi connectivity index (χ4n) is 3.82. The fraction of sp³-hybridized carbons (Fsp3) is 0.231. The molecule has 3 aromatic carbocycles. The van der Waals surface area contributed by atoms with Crippen molar-refractivity contribution in [1.82, 2.24) is 4.90 Å². The molecular formula is C26H28N2O. The van der Waals surface area contributed by atoms with Crippen LogP contribution < -0.4 is 9.64 Å². The Morgan fingerprint density at radius 1 is 0.931 bits per heavy atom. The van der Waals surface area contributed by atoms with E-state index in [9.17, 15) is 0 Å². The quantitative estimate of drug-likeness (QED) is 0.504. The predicted molar refractivity (Wildman–Crippen MR) is 121 cm³/mol. The highest BCUT2D eigenvalue weighted by molar-refractivity contribution is 5.74. The second kappa shape index (κ2) is 8.14. The zero-order chi connectivity index (χ0) is 20.4. The predicted octanol–water partition coefficient (Wildman–Crippen LogP) is 5.96. The van der Waals surface area contributed by atoms with Crippen molar-refractivity contribution < 1.29 is 4.74 Å². The van der Waals surface area contributed by atoms with Crippen molar-refractivity contribution in [2.45, 2.75) is 25.5 Å². The van der Waals surface area contributed by atoms with Gasteiger partial charge in [0.25, 0.3) is 0 Å². The number of ether oxygens (including phenoxy) is 1. The van der Waals surface area contributed by atoms with Crippen molar-refractivity contribution in [3.8, 4) is 5.75 Å². The van der Waals surface area contributed by atoms with Crippen LogP contribution in [0.3, 0.4) is 0 Å². The van der Waals surface area contributed by atoms with E-state index in [4.69, 9.17) is 4.74 Å². The Labute approximate surface area is 173 Å². The van der Waals surface area contributed by atoms with E-state index in [1.807, 2.05) is 32.0 Å². The molecule has 0 fully saturated rings. The van der Waals surface area contributed by atoms with Crippen LogP contribution in [0.1, 0.15) is 24.0 Å². The molecule has 3 aromatic rings. The van der Waals surface area contributed by atoms with Crippen molar-refractivity contribution in [3.63, 3.8) is 0 Å². The lowest BCUT2D eigenvalue weighted by Gasteiger charge is -2.38. The average Bonchev–Trinajstić information content (AvgIpc) is 2.74. The first-order chi connectivity index (χ1) is 14.0. The highest BCUT2D eigenvalue weighted by Crippen LogP contribution is 2.44. The molecule has 0 radical (unpaired) electrons. The Bertz CT molecular complexity index is 979. The van der Waals surface area contributed by atoms with Gasteiger partial charge in [-0.15, -0.1) is 0 Å². The highest BCUT2D eigenvalue weighted by Gasteiger charge is 2.30. The molecule has 148 valence electrons. The van der Waals surface area contributed by atoms with Gasteiger partial charge in [-0.3, -0.25) is 4.90 Å². The molecule has 0 saturated carbocycles. The number of rotatable bonds is 5. The van der Waals surface area contributed by atoms with Gasteiger partial charge in [-0.2, -0.15) is 0 Å². The minimum atomic E-state index is 0.0333. The minimum Gasteiger partial charge on any atom is -0.475 e. The normalized spacial score (nSPS) is 17.2. The van der Waals surface area contributed by atoms with E-state index >= 15 is 0 Å². The molecule has 2 atom stereocenters. The van der Waals surface area contributed by atoms with Crippen LogP contribution in [0.2, 0.25) is 0 Å². The molecule has 3 heteroatoms. The molecule has 0 saturated heterocycles. The third-order valence-corrected chi connectivity index (χ3v) is 5.68. The van der Waals surface area contributed by atoms with Crippen LogP contribution in [-0.2, 0) is 6.42 Å². The molecule has 1 aliphatic rings. The summed E-state index contributed by atoms with van der Waals surface area (Å²) < 4.78 is 5.98. The second-order valence-electron chi connectivity index (χ2n) is 7.80. The second-order valence-corrected chi connectivity index (χ2v) is 7.80. The summed E-state index contributed by atoms with van der Waals surface area (Å²) in [5.41, 5.74) is 6.07. The largest absolute Gasteiger partial charge is 0.475 e. The topological polar surface area (TPSA) is 15.7 Å². The first kappa shape index (κ1) is 19.3. The van der Waals surface area contributed by atoms with Crippen molar-refractivity contribution in [2.24, 2.45) is 0 Å². The van der Waals surface area contributed by atoms with Crippen LogP contribution in [0.4, 0.5) is 11.4 Å². The highest BCUT2D eigenvalue weighted by atomic mass is 16.5. The zero-order valence-corrected chi connectivity index (χ0v) is 17.4. The van der Waals surface area contributed by atoms with E-state index in [1.165, 1.54) is 16.8 Å². The monoisotopic (exact) mass is 384 g/mol. The summed E-state index contributed by atoms with van der Waals surface area (Å²) in [4.78, 5) is 4.34. The third-order valence-electron chi connectivity index (χ3n) is 5.68. The van der Waals surface area contributed by atoms with Gasteiger partial charge in [-0.25, -0.2) is 0 Å². The molecule has 1 aliphatic heterocycles. The molecule has 4 rings (SSSR count). The Morgan fingerprint density at radius 2 is 1.59 bits per heavy atom. The Balaban J connectivity index is 1.66. The first-order valence-corrected chi connectivity index (χ1v) is 10.1. The van der Waals surface area contributed by atoms with Gasteiger partial charge in [0.1, 0.15) is 12.0 Å². The Morgan fingerprint density at radius 3 is 2.28 bits per heavy atom. The molecule has 0 aromatic heterocycles. The maximum atomic E-state index is 5.98. The van der Waals surface area contributed by atoms with Gasteiger partial charge in [0.05, 0.1) is 0 Å². The van der Waals surface area contributed by atoms with Gasteiger partial charge in [0, 0.05) is 23.0 Å². The number of para-hydroxylation sites is 2. The summed E-state index contributed by atoms with van der Waals surface area (Å²) in [6, 6.07) is 27.6. The summed E-state index contributed by atoms with van der Waals surface area (Å²) in [6.45, 7) is 6.56.